The highest BCUT2D eigenvalue weighted by molar-refractivity contribution is 7.92. The van der Waals surface area contributed by atoms with Gasteiger partial charge in [-0.2, -0.15) is 0 Å². The van der Waals surface area contributed by atoms with Crippen LogP contribution in [0.4, 0.5) is 5.69 Å². The van der Waals surface area contributed by atoms with Crippen LogP contribution in [0.25, 0.3) is 10.6 Å². The van der Waals surface area contributed by atoms with Gasteiger partial charge in [0.05, 0.1) is 4.90 Å². The molecule has 0 radical (unpaired) electrons. The van der Waals surface area contributed by atoms with Crippen LogP contribution in [0.2, 0.25) is 0 Å². The molecule has 0 aliphatic rings. The van der Waals surface area contributed by atoms with E-state index in [2.05, 4.69) is 9.71 Å². The summed E-state index contributed by atoms with van der Waals surface area (Å²) < 4.78 is 27.8. The monoisotopic (exact) mass is 392 g/mol. The molecule has 3 rings (SSSR count). The smallest absolute Gasteiger partial charge is 0.261 e. The zero-order valence-electron chi connectivity index (χ0n) is 13.4. The fourth-order valence-corrected chi connectivity index (χ4v) is 4.22. The van der Waals surface area contributed by atoms with Gasteiger partial charge in [0.2, 0.25) is 0 Å². The number of halogens is 1. The van der Waals surface area contributed by atoms with Gasteiger partial charge >= 0.3 is 0 Å². The second-order valence-electron chi connectivity index (χ2n) is 5.46. The standard InChI is InChI=1S/C18H17ClN2O2S2/c19-10-2-3-14-6-8-17(9-7-14)25(22,23)21-16-5-1-4-15(13-16)18-20-11-12-24-18/h1,4-9,11-13,21H,2-3,10H2. The Hall–Kier alpha value is -1.89. The molecule has 7 heteroatoms. The predicted molar refractivity (Wildman–Crippen MR) is 104 cm³/mol. The topological polar surface area (TPSA) is 59.1 Å². The van der Waals surface area contributed by atoms with Gasteiger partial charge in [0.15, 0.2) is 0 Å². The van der Waals surface area contributed by atoms with Gasteiger partial charge in [0.1, 0.15) is 5.01 Å². The molecule has 0 amide bonds. The molecule has 1 heterocycles. The van der Waals surface area contributed by atoms with Crippen molar-refractivity contribution in [3.8, 4) is 10.6 Å². The molecule has 0 spiro atoms. The summed E-state index contributed by atoms with van der Waals surface area (Å²) in [6.45, 7) is 0. The van der Waals surface area contributed by atoms with Crippen LogP contribution in [0.1, 0.15) is 12.0 Å². The van der Waals surface area contributed by atoms with Gasteiger partial charge in [-0.25, -0.2) is 13.4 Å². The lowest BCUT2D eigenvalue weighted by molar-refractivity contribution is 0.601. The van der Waals surface area contributed by atoms with Gasteiger partial charge in [0.25, 0.3) is 10.0 Å². The Morgan fingerprint density at radius 3 is 2.60 bits per heavy atom. The zero-order valence-corrected chi connectivity index (χ0v) is 15.7. The lowest BCUT2D eigenvalue weighted by Gasteiger charge is -2.10. The molecule has 0 fully saturated rings. The minimum atomic E-state index is -3.63. The molecule has 2 aromatic carbocycles. The quantitative estimate of drug-likeness (QED) is 0.588. The molecular weight excluding hydrogens is 376 g/mol. The molecule has 0 bridgehead atoms. The van der Waals surface area contributed by atoms with E-state index in [4.69, 9.17) is 11.6 Å². The van der Waals surface area contributed by atoms with Crippen molar-refractivity contribution in [2.24, 2.45) is 0 Å². The van der Waals surface area contributed by atoms with Crippen LogP contribution in [0.5, 0.6) is 0 Å². The third-order valence-corrected chi connectivity index (χ3v) is 6.11. The molecule has 0 saturated heterocycles. The van der Waals surface area contributed by atoms with E-state index in [1.807, 2.05) is 29.6 Å². The maximum absolute atomic E-state index is 12.6. The Labute approximate surface area is 156 Å². The summed E-state index contributed by atoms with van der Waals surface area (Å²) in [4.78, 5) is 4.49. The summed E-state index contributed by atoms with van der Waals surface area (Å²) in [6, 6.07) is 14.1. The van der Waals surface area contributed by atoms with Gasteiger partial charge in [-0.15, -0.1) is 22.9 Å². The molecule has 0 aliphatic heterocycles. The first-order chi connectivity index (χ1) is 12.1. The number of hydrogen-bond acceptors (Lipinski definition) is 4. The fraction of sp³-hybridized carbons (Fsp3) is 0.167. The number of alkyl halides is 1. The first-order valence-electron chi connectivity index (χ1n) is 7.76. The largest absolute Gasteiger partial charge is 0.280 e. The molecule has 0 aliphatic carbocycles. The normalized spacial score (nSPS) is 11.4. The third kappa shape index (κ3) is 4.60. The highest BCUT2D eigenvalue weighted by Crippen LogP contribution is 2.25. The zero-order chi connectivity index (χ0) is 17.7. The number of sulfonamides is 1. The van der Waals surface area contributed by atoms with Gasteiger partial charge in [-0.05, 0) is 42.7 Å². The van der Waals surface area contributed by atoms with E-state index in [1.165, 1.54) is 11.3 Å². The Balaban J connectivity index is 1.78. The van der Waals surface area contributed by atoms with Crippen molar-refractivity contribution < 1.29 is 8.42 Å². The molecule has 1 N–H and O–H groups in total. The van der Waals surface area contributed by atoms with Crippen LogP contribution in [0.3, 0.4) is 0 Å². The second kappa shape index (κ2) is 7.99. The average molecular weight is 393 g/mol. The molecule has 130 valence electrons. The van der Waals surface area contributed by atoms with E-state index in [9.17, 15) is 8.42 Å². The number of aryl methyl sites for hydroxylation is 1. The van der Waals surface area contributed by atoms with E-state index in [-0.39, 0.29) is 4.90 Å². The second-order valence-corrected chi connectivity index (χ2v) is 8.41. The molecule has 1 aromatic heterocycles. The molecule has 0 saturated carbocycles. The first kappa shape index (κ1) is 17.9. The highest BCUT2D eigenvalue weighted by Gasteiger charge is 2.14. The molecule has 3 aromatic rings. The van der Waals surface area contributed by atoms with Crippen molar-refractivity contribution in [1.29, 1.82) is 0 Å². The van der Waals surface area contributed by atoms with Crippen molar-refractivity contribution in [1.82, 2.24) is 4.98 Å². The number of hydrogen-bond donors (Lipinski definition) is 1. The number of rotatable bonds is 7. The Morgan fingerprint density at radius 2 is 1.92 bits per heavy atom. The van der Waals surface area contributed by atoms with Crippen LogP contribution in [-0.4, -0.2) is 19.3 Å². The molecule has 4 nitrogen and oxygen atoms in total. The van der Waals surface area contributed by atoms with E-state index in [0.29, 0.717) is 11.6 Å². The number of nitrogens with zero attached hydrogens (tertiary/aromatic N) is 1. The van der Waals surface area contributed by atoms with Crippen LogP contribution >= 0.6 is 22.9 Å². The van der Waals surface area contributed by atoms with E-state index in [0.717, 1.165) is 29.0 Å². The summed E-state index contributed by atoms with van der Waals surface area (Å²) in [5, 5.41) is 2.74. The summed E-state index contributed by atoms with van der Waals surface area (Å²) in [6.07, 6.45) is 3.44. The fourth-order valence-electron chi connectivity index (χ4n) is 2.40. The minimum absolute atomic E-state index is 0.238. The van der Waals surface area contributed by atoms with Crippen LogP contribution < -0.4 is 4.72 Å². The molecule has 25 heavy (non-hydrogen) atoms. The van der Waals surface area contributed by atoms with Crippen molar-refractivity contribution in [2.75, 3.05) is 10.6 Å². The van der Waals surface area contributed by atoms with Gasteiger partial charge in [-0.3, -0.25) is 4.72 Å². The maximum Gasteiger partial charge on any atom is 0.261 e. The Morgan fingerprint density at radius 1 is 1.12 bits per heavy atom. The summed E-state index contributed by atoms with van der Waals surface area (Å²) in [5.74, 6) is 0.594. The molecule has 0 atom stereocenters. The first-order valence-corrected chi connectivity index (χ1v) is 10.7. The Kier molecular flexibility index (Phi) is 5.73. The van der Waals surface area contributed by atoms with Crippen molar-refractivity contribution >= 4 is 38.6 Å². The maximum atomic E-state index is 12.6. The van der Waals surface area contributed by atoms with Gasteiger partial charge in [-0.1, -0.05) is 24.3 Å². The van der Waals surface area contributed by atoms with Gasteiger partial charge in [0, 0.05) is 28.7 Å². The molecular formula is C18H17ClN2O2S2. The number of benzene rings is 2. The van der Waals surface area contributed by atoms with Crippen LogP contribution in [0.15, 0.2) is 65.0 Å². The van der Waals surface area contributed by atoms with Crippen molar-refractivity contribution in [2.45, 2.75) is 17.7 Å². The predicted octanol–water partition coefficient (Wildman–Crippen LogP) is 4.78. The average Bonchev–Trinajstić information content (AvgIpc) is 3.15. The number of thiazole rings is 1. The number of anilines is 1. The summed E-state index contributed by atoms with van der Waals surface area (Å²) in [7, 11) is -3.63. The van der Waals surface area contributed by atoms with Gasteiger partial charge < -0.3 is 0 Å². The molecule has 0 unspecified atom stereocenters. The van der Waals surface area contributed by atoms with E-state index in [1.54, 1.807) is 30.5 Å². The van der Waals surface area contributed by atoms with E-state index < -0.39 is 10.0 Å². The third-order valence-electron chi connectivity index (χ3n) is 3.63. The van der Waals surface area contributed by atoms with Crippen molar-refractivity contribution in [3.05, 3.63) is 65.7 Å². The number of aromatic nitrogens is 1. The lowest BCUT2D eigenvalue weighted by Crippen LogP contribution is -2.13. The highest BCUT2D eigenvalue weighted by atomic mass is 35.5. The van der Waals surface area contributed by atoms with Crippen LogP contribution in [-0.2, 0) is 16.4 Å². The lowest BCUT2D eigenvalue weighted by atomic mass is 10.1. The van der Waals surface area contributed by atoms with Crippen molar-refractivity contribution in [3.63, 3.8) is 0 Å². The summed E-state index contributed by atoms with van der Waals surface area (Å²) >= 11 is 7.20. The van der Waals surface area contributed by atoms with Crippen LogP contribution in [0, 0.1) is 0 Å². The number of nitrogens with one attached hydrogen (secondary N) is 1. The SMILES string of the molecule is O=S(=O)(Nc1cccc(-c2nccs2)c1)c1ccc(CCCCl)cc1. The van der Waals surface area contributed by atoms with E-state index >= 15 is 0 Å². The minimum Gasteiger partial charge on any atom is -0.280 e. The summed E-state index contributed by atoms with van der Waals surface area (Å²) in [5.41, 5.74) is 2.47. The Bertz CT molecular complexity index is 924.